The zero-order valence-corrected chi connectivity index (χ0v) is 14.0. The van der Waals surface area contributed by atoms with Crippen LogP contribution in [-0.2, 0) is 14.3 Å². The van der Waals surface area contributed by atoms with Crippen LogP contribution in [0.25, 0.3) is 0 Å². The van der Waals surface area contributed by atoms with Gasteiger partial charge >= 0.3 is 0 Å². The van der Waals surface area contributed by atoms with Gasteiger partial charge < -0.3 is 14.8 Å². The van der Waals surface area contributed by atoms with Crippen LogP contribution in [0.2, 0.25) is 0 Å². The number of hydrazine groups is 1. The van der Waals surface area contributed by atoms with Crippen molar-refractivity contribution in [2.45, 2.75) is 44.6 Å². The Balaban J connectivity index is 1.47. The number of rotatable bonds is 5. The topological polar surface area (TPSA) is 71.6 Å². The summed E-state index contributed by atoms with van der Waals surface area (Å²) in [5, 5.41) is 2.91. The van der Waals surface area contributed by atoms with Gasteiger partial charge in [-0.1, -0.05) is 12.1 Å². The maximum atomic E-state index is 13.4. The van der Waals surface area contributed by atoms with Gasteiger partial charge in [0.15, 0.2) is 5.79 Å². The number of ether oxygens (including phenoxy) is 2. The number of carbonyl (C=O) groups excluding carboxylic acids is 1. The number of benzene rings is 1. The Morgan fingerprint density at radius 3 is 2.83 bits per heavy atom. The second-order valence-electron chi connectivity index (χ2n) is 6.51. The molecule has 0 aromatic heterocycles. The van der Waals surface area contributed by atoms with Crippen LogP contribution < -0.4 is 16.2 Å². The van der Waals surface area contributed by atoms with Crippen molar-refractivity contribution in [2.24, 2.45) is 0 Å². The lowest BCUT2D eigenvalue weighted by Gasteiger charge is -2.22. The lowest BCUT2D eigenvalue weighted by molar-refractivity contribution is -0.146. The second-order valence-corrected chi connectivity index (χ2v) is 6.51. The first-order valence-electron chi connectivity index (χ1n) is 8.30. The number of nitrogens with one attached hydrogen (secondary N) is 3. The van der Waals surface area contributed by atoms with Crippen molar-refractivity contribution in [3.8, 4) is 0 Å². The summed E-state index contributed by atoms with van der Waals surface area (Å²) in [7, 11) is 0. The number of hydrogen-bond donors (Lipinski definition) is 3. The molecule has 0 bridgehead atoms. The average Bonchev–Trinajstić information content (AvgIpc) is 3.19. The molecule has 3 rings (SSSR count). The zero-order chi connectivity index (χ0) is 17.2. The highest BCUT2D eigenvalue weighted by molar-refractivity contribution is 5.82. The number of halogens is 1. The molecule has 0 aliphatic carbocycles. The molecule has 2 unspecified atom stereocenters. The van der Waals surface area contributed by atoms with Gasteiger partial charge in [-0.2, -0.15) is 0 Å². The highest BCUT2D eigenvalue weighted by Crippen LogP contribution is 2.24. The summed E-state index contributed by atoms with van der Waals surface area (Å²) in [6.45, 7) is 5.30. The lowest BCUT2D eigenvalue weighted by atomic mass is 10.00. The standard InChI is InChI=1S/C17H24FN3O3/c1-11-9-12(3-4-13(11)18)14-10-15(21-20-14)16(22)19-6-5-17(2)23-7-8-24-17/h3-4,9,14-15,20-21H,5-8,10H2,1-2H3,(H,19,22). The average molecular weight is 337 g/mol. The van der Waals surface area contributed by atoms with E-state index in [1.54, 1.807) is 13.0 Å². The summed E-state index contributed by atoms with van der Waals surface area (Å²) in [6, 6.07) is 4.68. The molecule has 2 heterocycles. The van der Waals surface area contributed by atoms with Crippen LogP contribution in [0.1, 0.15) is 36.9 Å². The smallest absolute Gasteiger partial charge is 0.238 e. The van der Waals surface area contributed by atoms with Crippen LogP contribution in [0.4, 0.5) is 4.39 Å². The summed E-state index contributed by atoms with van der Waals surface area (Å²) < 4.78 is 24.4. The molecule has 2 aliphatic heterocycles. The Bertz CT molecular complexity index is 605. The van der Waals surface area contributed by atoms with E-state index >= 15 is 0 Å². The van der Waals surface area contributed by atoms with Gasteiger partial charge in [0.05, 0.1) is 13.2 Å². The Morgan fingerprint density at radius 1 is 1.38 bits per heavy atom. The van der Waals surface area contributed by atoms with Gasteiger partial charge in [-0.15, -0.1) is 0 Å². The molecule has 2 fully saturated rings. The molecule has 2 aliphatic rings. The largest absolute Gasteiger partial charge is 0.354 e. The van der Waals surface area contributed by atoms with Crippen LogP contribution in [-0.4, -0.2) is 37.5 Å². The van der Waals surface area contributed by atoms with Crippen LogP contribution in [0.5, 0.6) is 0 Å². The number of aryl methyl sites for hydroxylation is 1. The molecule has 2 atom stereocenters. The van der Waals surface area contributed by atoms with Gasteiger partial charge in [0.1, 0.15) is 11.9 Å². The summed E-state index contributed by atoms with van der Waals surface area (Å²) >= 11 is 0. The molecule has 2 saturated heterocycles. The molecule has 1 amide bonds. The van der Waals surface area contributed by atoms with E-state index in [1.165, 1.54) is 6.07 Å². The third kappa shape index (κ3) is 3.92. The normalized spacial score (nSPS) is 25.8. The molecule has 1 aromatic rings. The van der Waals surface area contributed by atoms with Crippen molar-refractivity contribution in [2.75, 3.05) is 19.8 Å². The molecular formula is C17H24FN3O3. The Morgan fingerprint density at radius 2 is 2.12 bits per heavy atom. The maximum Gasteiger partial charge on any atom is 0.238 e. The van der Waals surface area contributed by atoms with E-state index in [0.29, 0.717) is 38.2 Å². The van der Waals surface area contributed by atoms with Crippen molar-refractivity contribution >= 4 is 5.91 Å². The van der Waals surface area contributed by atoms with Gasteiger partial charge in [-0.3, -0.25) is 4.79 Å². The number of hydrogen-bond acceptors (Lipinski definition) is 5. The van der Waals surface area contributed by atoms with Crippen molar-refractivity contribution in [3.63, 3.8) is 0 Å². The van der Waals surface area contributed by atoms with E-state index in [9.17, 15) is 9.18 Å². The van der Waals surface area contributed by atoms with E-state index in [4.69, 9.17) is 9.47 Å². The Labute approximate surface area is 141 Å². The van der Waals surface area contributed by atoms with E-state index in [1.807, 2.05) is 13.0 Å². The summed E-state index contributed by atoms with van der Waals surface area (Å²) in [6.07, 6.45) is 1.22. The molecule has 132 valence electrons. The minimum Gasteiger partial charge on any atom is -0.354 e. The molecule has 7 heteroatoms. The van der Waals surface area contributed by atoms with Crippen molar-refractivity contribution in [3.05, 3.63) is 35.1 Å². The van der Waals surface area contributed by atoms with Gasteiger partial charge in [0.25, 0.3) is 0 Å². The molecular weight excluding hydrogens is 313 g/mol. The monoisotopic (exact) mass is 337 g/mol. The zero-order valence-electron chi connectivity index (χ0n) is 14.0. The molecule has 0 radical (unpaired) electrons. The SMILES string of the molecule is Cc1cc(C2CC(C(=O)NCCC3(C)OCCO3)NN2)ccc1F. The molecule has 24 heavy (non-hydrogen) atoms. The minimum absolute atomic E-state index is 0.0148. The van der Waals surface area contributed by atoms with Crippen LogP contribution in [0.15, 0.2) is 18.2 Å². The predicted octanol–water partition coefficient (Wildman–Crippen LogP) is 1.31. The summed E-state index contributed by atoms with van der Waals surface area (Å²) in [5.74, 6) is -0.878. The third-order valence-electron chi connectivity index (χ3n) is 4.58. The summed E-state index contributed by atoms with van der Waals surface area (Å²) in [4.78, 5) is 12.3. The fourth-order valence-electron chi connectivity index (χ4n) is 3.07. The molecule has 1 aromatic carbocycles. The van der Waals surface area contributed by atoms with E-state index < -0.39 is 5.79 Å². The second kappa shape index (κ2) is 7.14. The fourth-order valence-corrected chi connectivity index (χ4v) is 3.07. The van der Waals surface area contributed by atoms with Crippen molar-refractivity contribution in [1.82, 2.24) is 16.2 Å². The first kappa shape index (κ1) is 17.3. The van der Waals surface area contributed by atoms with Gasteiger partial charge in [-0.05, 0) is 37.5 Å². The first-order valence-corrected chi connectivity index (χ1v) is 8.30. The van der Waals surface area contributed by atoms with Crippen LogP contribution in [0, 0.1) is 12.7 Å². The maximum absolute atomic E-state index is 13.4. The van der Waals surface area contributed by atoms with Crippen molar-refractivity contribution in [1.29, 1.82) is 0 Å². The highest BCUT2D eigenvalue weighted by Gasteiger charge is 2.32. The molecule has 6 nitrogen and oxygen atoms in total. The van der Waals surface area contributed by atoms with E-state index in [-0.39, 0.29) is 23.8 Å². The number of carbonyl (C=O) groups is 1. The van der Waals surface area contributed by atoms with Crippen LogP contribution in [0.3, 0.4) is 0 Å². The Hall–Kier alpha value is -1.54. The lowest BCUT2D eigenvalue weighted by Crippen LogP contribution is -2.44. The predicted molar refractivity (Wildman–Crippen MR) is 86.5 cm³/mol. The third-order valence-corrected chi connectivity index (χ3v) is 4.58. The molecule has 0 saturated carbocycles. The first-order chi connectivity index (χ1) is 11.5. The summed E-state index contributed by atoms with van der Waals surface area (Å²) in [5.41, 5.74) is 7.69. The number of amides is 1. The molecule has 3 N–H and O–H groups in total. The fraction of sp³-hybridized carbons (Fsp3) is 0.588. The Kier molecular flexibility index (Phi) is 5.15. The quantitative estimate of drug-likeness (QED) is 0.756. The van der Waals surface area contributed by atoms with Gasteiger partial charge in [0.2, 0.25) is 5.91 Å². The van der Waals surface area contributed by atoms with Crippen molar-refractivity contribution < 1.29 is 18.7 Å². The van der Waals surface area contributed by atoms with Gasteiger partial charge in [0, 0.05) is 19.0 Å². The highest BCUT2D eigenvalue weighted by atomic mass is 19.1. The van der Waals surface area contributed by atoms with Gasteiger partial charge in [-0.25, -0.2) is 15.2 Å². The van der Waals surface area contributed by atoms with E-state index in [2.05, 4.69) is 16.2 Å². The van der Waals surface area contributed by atoms with Crippen LogP contribution >= 0.6 is 0 Å². The minimum atomic E-state index is -0.594. The van der Waals surface area contributed by atoms with E-state index in [0.717, 1.165) is 5.56 Å². The molecule has 0 spiro atoms.